The van der Waals surface area contributed by atoms with Crippen molar-refractivity contribution in [2.24, 2.45) is 0 Å². The summed E-state index contributed by atoms with van der Waals surface area (Å²) in [6, 6.07) is 6.12. The van der Waals surface area contributed by atoms with E-state index in [1.165, 1.54) is 23.5 Å². The highest BCUT2D eigenvalue weighted by Crippen LogP contribution is 2.28. The average Bonchev–Trinajstić information content (AvgIpc) is 3.25. The molecular weight excluding hydrogens is 317 g/mol. The number of halogens is 1. The molecule has 0 spiro atoms. The largest absolute Gasteiger partial charge is 0.387 e. The Hall–Kier alpha value is -1.83. The molecule has 1 aliphatic carbocycles. The highest BCUT2D eigenvalue weighted by Gasteiger charge is 2.31. The molecule has 1 aromatic carbocycles. The minimum atomic E-state index is -0.746. The summed E-state index contributed by atoms with van der Waals surface area (Å²) in [5, 5.41) is 15.4. The third-order valence-electron chi connectivity index (χ3n) is 3.75. The molecule has 0 radical (unpaired) electrons. The maximum absolute atomic E-state index is 13.0. The SMILES string of the molecule is O=C(CN(CC(O)c1ccc(F)cc1)C1CC1)Nc1nccs1. The van der Waals surface area contributed by atoms with Gasteiger partial charge in [0, 0.05) is 24.2 Å². The predicted molar refractivity (Wildman–Crippen MR) is 86.7 cm³/mol. The van der Waals surface area contributed by atoms with Crippen LogP contribution in [0.4, 0.5) is 9.52 Å². The van der Waals surface area contributed by atoms with Gasteiger partial charge < -0.3 is 10.4 Å². The number of benzene rings is 1. The minimum Gasteiger partial charge on any atom is -0.387 e. The fourth-order valence-corrected chi connectivity index (χ4v) is 2.97. The number of carbonyl (C=O) groups excluding carboxylic acids is 1. The molecule has 0 bridgehead atoms. The number of nitrogens with one attached hydrogen (secondary N) is 1. The third kappa shape index (κ3) is 4.57. The van der Waals surface area contributed by atoms with Crippen LogP contribution >= 0.6 is 11.3 Å². The molecule has 1 aromatic heterocycles. The van der Waals surface area contributed by atoms with E-state index in [0.717, 1.165) is 12.8 Å². The first-order chi connectivity index (χ1) is 11.1. The van der Waals surface area contributed by atoms with Gasteiger partial charge in [-0.25, -0.2) is 9.37 Å². The lowest BCUT2D eigenvalue weighted by molar-refractivity contribution is -0.117. The van der Waals surface area contributed by atoms with Crippen molar-refractivity contribution < 1.29 is 14.3 Å². The monoisotopic (exact) mass is 335 g/mol. The highest BCUT2D eigenvalue weighted by molar-refractivity contribution is 7.13. The second kappa shape index (κ2) is 7.16. The Kier molecular flexibility index (Phi) is 5.00. The second-order valence-corrected chi connectivity index (χ2v) is 6.51. The number of rotatable bonds is 7. The lowest BCUT2D eigenvalue weighted by atomic mass is 10.1. The Morgan fingerprint density at radius 2 is 2.17 bits per heavy atom. The molecule has 1 atom stereocenters. The summed E-state index contributed by atoms with van der Waals surface area (Å²) in [5.41, 5.74) is 0.650. The van der Waals surface area contributed by atoms with E-state index in [9.17, 15) is 14.3 Å². The molecule has 1 amide bonds. The molecule has 0 saturated heterocycles. The number of aliphatic hydroxyl groups is 1. The summed E-state index contributed by atoms with van der Waals surface area (Å²) < 4.78 is 13.0. The third-order valence-corrected chi connectivity index (χ3v) is 4.44. The summed E-state index contributed by atoms with van der Waals surface area (Å²) in [6.07, 6.45) is 2.95. The molecule has 7 heteroatoms. The molecule has 23 heavy (non-hydrogen) atoms. The fraction of sp³-hybridized carbons (Fsp3) is 0.375. The molecular formula is C16H18FN3O2S. The van der Waals surface area contributed by atoms with Gasteiger partial charge in [0.25, 0.3) is 0 Å². The van der Waals surface area contributed by atoms with Crippen molar-refractivity contribution in [1.29, 1.82) is 0 Å². The van der Waals surface area contributed by atoms with Gasteiger partial charge in [-0.3, -0.25) is 9.69 Å². The van der Waals surface area contributed by atoms with Crippen LogP contribution in [-0.2, 0) is 4.79 Å². The number of anilines is 1. The number of hydrogen-bond acceptors (Lipinski definition) is 5. The van der Waals surface area contributed by atoms with Gasteiger partial charge in [-0.05, 0) is 30.5 Å². The molecule has 1 fully saturated rings. The van der Waals surface area contributed by atoms with Crippen LogP contribution in [0, 0.1) is 5.82 Å². The van der Waals surface area contributed by atoms with Crippen LogP contribution in [0.1, 0.15) is 24.5 Å². The first-order valence-corrected chi connectivity index (χ1v) is 8.36. The average molecular weight is 335 g/mol. The summed E-state index contributed by atoms with van der Waals surface area (Å²) >= 11 is 1.37. The maximum Gasteiger partial charge on any atom is 0.240 e. The van der Waals surface area contributed by atoms with E-state index >= 15 is 0 Å². The van der Waals surface area contributed by atoms with Gasteiger partial charge in [-0.15, -0.1) is 11.3 Å². The van der Waals surface area contributed by atoms with Crippen LogP contribution in [0.15, 0.2) is 35.8 Å². The molecule has 0 aliphatic heterocycles. The van der Waals surface area contributed by atoms with Crippen molar-refractivity contribution in [3.8, 4) is 0 Å². The van der Waals surface area contributed by atoms with Crippen molar-refractivity contribution in [2.75, 3.05) is 18.4 Å². The predicted octanol–water partition coefficient (Wildman–Crippen LogP) is 2.42. The summed E-state index contributed by atoms with van der Waals surface area (Å²) in [7, 11) is 0. The van der Waals surface area contributed by atoms with E-state index < -0.39 is 6.10 Å². The number of amides is 1. The number of aromatic nitrogens is 1. The van der Waals surface area contributed by atoms with Crippen molar-refractivity contribution in [2.45, 2.75) is 25.0 Å². The lowest BCUT2D eigenvalue weighted by Gasteiger charge is -2.24. The molecule has 2 N–H and O–H groups in total. The number of hydrogen-bond donors (Lipinski definition) is 2. The first-order valence-electron chi connectivity index (χ1n) is 7.49. The number of thiazole rings is 1. The Morgan fingerprint density at radius 3 is 2.78 bits per heavy atom. The lowest BCUT2D eigenvalue weighted by Crippen LogP contribution is -2.37. The van der Waals surface area contributed by atoms with Crippen LogP contribution < -0.4 is 5.32 Å². The molecule has 122 valence electrons. The van der Waals surface area contributed by atoms with Crippen molar-refractivity contribution in [3.63, 3.8) is 0 Å². The molecule has 1 unspecified atom stereocenters. The van der Waals surface area contributed by atoms with E-state index in [4.69, 9.17) is 0 Å². The van der Waals surface area contributed by atoms with Crippen LogP contribution in [0.3, 0.4) is 0 Å². The Labute approximate surface area is 137 Å². The van der Waals surface area contributed by atoms with E-state index in [2.05, 4.69) is 10.3 Å². The number of carbonyl (C=O) groups is 1. The van der Waals surface area contributed by atoms with Gasteiger partial charge in [-0.1, -0.05) is 12.1 Å². The van der Waals surface area contributed by atoms with E-state index in [0.29, 0.717) is 23.3 Å². The molecule has 2 aromatic rings. The Morgan fingerprint density at radius 1 is 1.43 bits per heavy atom. The zero-order chi connectivity index (χ0) is 16.2. The molecule has 1 aliphatic rings. The van der Waals surface area contributed by atoms with Crippen LogP contribution in [0.2, 0.25) is 0 Å². The smallest absolute Gasteiger partial charge is 0.240 e. The van der Waals surface area contributed by atoms with Crippen LogP contribution in [0.5, 0.6) is 0 Å². The molecule has 1 heterocycles. The van der Waals surface area contributed by atoms with Gasteiger partial charge in [-0.2, -0.15) is 0 Å². The van der Waals surface area contributed by atoms with Gasteiger partial charge >= 0.3 is 0 Å². The first kappa shape index (κ1) is 16.0. The number of nitrogens with zero attached hydrogens (tertiary/aromatic N) is 2. The van der Waals surface area contributed by atoms with Crippen LogP contribution in [0.25, 0.3) is 0 Å². The van der Waals surface area contributed by atoms with Crippen molar-refractivity contribution >= 4 is 22.4 Å². The fourth-order valence-electron chi connectivity index (χ4n) is 2.42. The Bertz CT molecular complexity index is 644. The van der Waals surface area contributed by atoms with E-state index in [1.54, 1.807) is 23.7 Å². The summed E-state index contributed by atoms with van der Waals surface area (Å²) in [6.45, 7) is 0.560. The van der Waals surface area contributed by atoms with Gasteiger partial charge in [0.15, 0.2) is 5.13 Å². The minimum absolute atomic E-state index is 0.141. The second-order valence-electron chi connectivity index (χ2n) is 5.61. The highest BCUT2D eigenvalue weighted by atomic mass is 32.1. The molecule has 5 nitrogen and oxygen atoms in total. The van der Waals surface area contributed by atoms with Gasteiger partial charge in [0.2, 0.25) is 5.91 Å². The van der Waals surface area contributed by atoms with Crippen LogP contribution in [-0.4, -0.2) is 40.0 Å². The quantitative estimate of drug-likeness (QED) is 0.815. The standard InChI is InChI=1S/C16H18FN3O2S/c17-12-3-1-11(2-4-12)14(21)9-20(13-5-6-13)10-15(22)19-16-18-7-8-23-16/h1-4,7-8,13-14,21H,5-6,9-10H2,(H,18,19,22). The zero-order valence-electron chi connectivity index (χ0n) is 12.5. The maximum atomic E-state index is 13.0. The molecule has 3 rings (SSSR count). The van der Waals surface area contributed by atoms with E-state index in [1.807, 2.05) is 4.90 Å². The molecule has 1 saturated carbocycles. The topological polar surface area (TPSA) is 65.5 Å². The normalized spacial score (nSPS) is 15.6. The van der Waals surface area contributed by atoms with Crippen molar-refractivity contribution in [3.05, 3.63) is 47.2 Å². The van der Waals surface area contributed by atoms with Crippen molar-refractivity contribution in [1.82, 2.24) is 9.88 Å². The van der Waals surface area contributed by atoms with E-state index in [-0.39, 0.29) is 18.3 Å². The number of aliphatic hydroxyl groups excluding tert-OH is 1. The zero-order valence-corrected chi connectivity index (χ0v) is 13.3. The van der Waals surface area contributed by atoms with Gasteiger partial charge in [0.1, 0.15) is 5.82 Å². The summed E-state index contributed by atoms with van der Waals surface area (Å²) in [5.74, 6) is -0.471. The Balaban J connectivity index is 1.58. The summed E-state index contributed by atoms with van der Waals surface area (Å²) in [4.78, 5) is 18.1. The van der Waals surface area contributed by atoms with Gasteiger partial charge in [0.05, 0.1) is 12.6 Å².